The van der Waals surface area contributed by atoms with Crippen molar-refractivity contribution in [3.8, 4) is 0 Å². The zero-order valence-corrected chi connectivity index (χ0v) is 24.1. The topological polar surface area (TPSA) is 55.3 Å². The van der Waals surface area contributed by atoms with Crippen molar-refractivity contribution in [1.82, 2.24) is 9.97 Å². The van der Waals surface area contributed by atoms with Crippen LogP contribution in [0, 0.1) is 19.4 Å². The Labute approximate surface area is 222 Å². The van der Waals surface area contributed by atoms with Gasteiger partial charge in [-0.25, -0.2) is 0 Å². The minimum absolute atomic E-state index is 0. The fraction of sp³-hybridized carbons (Fsp3) is 0.478. The van der Waals surface area contributed by atoms with E-state index in [-0.39, 0.29) is 67.0 Å². The summed E-state index contributed by atoms with van der Waals surface area (Å²) >= 11 is 0. The van der Waals surface area contributed by atoms with E-state index in [0.717, 1.165) is 50.6 Å². The molecule has 0 N–H and O–H groups in total. The Morgan fingerprint density at radius 1 is 1.27 bits per heavy atom. The van der Waals surface area contributed by atoms with E-state index in [1.165, 1.54) is 0 Å². The van der Waals surface area contributed by atoms with Crippen LogP contribution in [0.1, 0.15) is 46.0 Å². The second-order valence-corrected chi connectivity index (χ2v) is 6.18. The molecule has 1 saturated heterocycles. The molecule has 30 heavy (non-hydrogen) atoms. The average Bonchev–Trinajstić information content (AvgIpc) is 2.72. The van der Waals surface area contributed by atoms with Crippen LogP contribution in [-0.4, -0.2) is 36.0 Å². The van der Waals surface area contributed by atoms with Gasteiger partial charge in [-0.2, -0.15) is 0 Å². The maximum atomic E-state index is 10.2. The molecule has 0 aliphatic carbocycles. The van der Waals surface area contributed by atoms with Gasteiger partial charge in [0.1, 0.15) is 5.76 Å². The molecule has 0 bridgehead atoms. The molecule has 1 aromatic rings. The molecule has 0 aromatic carbocycles. The Morgan fingerprint density at radius 3 is 2.43 bits per heavy atom. The molecule has 0 saturated carbocycles. The summed E-state index contributed by atoms with van der Waals surface area (Å²) in [4.78, 5) is 21.0. The summed E-state index contributed by atoms with van der Waals surface area (Å²) in [5.41, 5.74) is 0.701. The van der Waals surface area contributed by atoms with Crippen molar-refractivity contribution in [3.05, 3.63) is 62.5 Å². The molecule has 2 heterocycles. The van der Waals surface area contributed by atoms with E-state index >= 15 is 0 Å². The standard InChI is InChI=1S/C20H25N3O2.C2H6.CH3.Re.Y/c1-17(10-15-24)6-7-18(2)25-16-3-5-19-8-13-23(14-9-19)20-21-11-4-12-22-20;1-2;;;/h6-7,11-12,19H,1-3,5,8-10,13-14,16H2;1-2H3;1H3;;/q-2;;-1;;/b7-6-;;;;. The van der Waals surface area contributed by atoms with Crippen LogP contribution in [0.4, 0.5) is 5.95 Å². The first-order valence-electron chi connectivity index (χ1n) is 9.64. The number of carbonyl (C=O) groups excluding carboxylic acids is 1. The molecule has 166 valence electrons. The molecule has 0 amide bonds. The Hall–Kier alpha value is -0.664. The van der Waals surface area contributed by atoms with Gasteiger partial charge >= 0.3 is 0 Å². The summed E-state index contributed by atoms with van der Waals surface area (Å²) in [5.74, 6) is 2.12. The second kappa shape index (κ2) is 21.6. The van der Waals surface area contributed by atoms with Crippen molar-refractivity contribution in [3.63, 3.8) is 0 Å². The van der Waals surface area contributed by atoms with Crippen LogP contribution in [0.3, 0.4) is 0 Å². The first kappa shape index (κ1) is 34.0. The number of piperidine rings is 1. The first-order valence-corrected chi connectivity index (χ1v) is 9.64. The predicted octanol–water partition coefficient (Wildman–Crippen LogP) is 4.89. The van der Waals surface area contributed by atoms with Crippen molar-refractivity contribution in [2.24, 2.45) is 5.92 Å². The molecule has 7 heteroatoms. The normalized spacial score (nSPS) is 12.9. The van der Waals surface area contributed by atoms with Crippen LogP contribution in [0.25, 0.3) is 0 Å². The fourth-order valence-corrected chi connectivity index (χ4v) is 2.83. The number of hydrogen-bond acceptors (Lipinski definition) is 5. The minimum Gasteiger partial charge on any atom is -0.541 e. The summed E-state index contributed by atoms with van der Waals surface area (Å²) < 4.78 is 5.60. The molecule has 2 radical (unpaired) electrons. The van der Waals surface area contributed by atoms with Gasteiger partial charge in [0.15, 0.2) is 0 Å². The van der Waals surface area contributed by atoms with Crippen molar-refractivity contribution < 1.29 is 62.7 Å². The molecule has 1 aromatic heterocycles. The van der Waals surface area contributed by atoms with Gasteiger partial charge in [-0.3, -0.25) is 16.3 Å². The van der Waals surface area contributed by atoms with Crippen LogP contribution in [0.15, 0.2) is 49.0 Å². The average molecular weight is 660 g/mol. The Bertz CT molecular complexity index is 604. The third-order valence-corrected chi connectivity index (χ3v) is 4.25. The van der Waals surface area contributed by atoms with E-state index in [0.29, 0.717) is 17.9 Å². The SMILES string of the molecule is C=C(/C=C\C(=C)OCCCC1CCN(c2nc[c-]cn2)CC1)C[C-]=O.CC.[CH3-].[Re].[Y]. The van der Waals surface area contributed by atoms with Gasteiger partial charge in [0, 0.05) is 66.2 Å². The van der Waals surface area contributed by atoms with E-state index in [1.54, 1.807) is 24.5 Å². The number of anilines is 1. The molecule has 1 fully saturated rings. The zero-order valence-electron chi connectivity index (χ0n) is 18.6. The fourth-order valence-electron chi connectivity index (χ4n) is 2.83. The van der Waals surface area contributed by atoms with Crippen molar-refractivity contribution in [2.75, 3.05) is 24.6 Å². The molecular weight excluding hydrogens is 625 g/mol. The Morgan fingerprint density at radius 2 is 1.87 bits per heavy atom. The molecule has 0 spiro atoms. The van der Waals surface area contributed by atoms with E-state index in [9.17, 15) is 4.79 Å². The third kappa shape index (κ3) is 14.4. The molecule has 1 aliphatic heterocycles. The van der Waals surface area contributed by atoms with E-state index in [4.69, 9.17) is 4.74 Å². The third-order valence-electron chi connectivity index (χ3n) is 4.25. The van der Waals surface area contributed by atoms with Gasteiger partial charge in [0.05, 0.1) is 6.61 Å². The largest absolute Gasteiger partial charge is 0.541 e. The van der Waals surface area contributed by atoms with E-state index in [1.807, 2.05) is 20.1 Å². The summed E-state index contributed by atoms with van der Waals surface area (Å²) in [6, 6.07) is 2.85. The molecule has 2 rings (SSSR count). The smallest absolute Gasteiger partial charge is 0.219 e. The van der Waals surface area contributed by atoms with E-state index < -0.39 is 0 Å². The molecule has 0 unspecified atom stereocenters. The van der Waals surface area contributed by atoms with Crippen LogP contribution in [-0.2, 0) is 62.7 Å². The quantitative estimate of drug-likeness (QED) is 0.155. The van der Waals surface area contributed by atoms with Crippen LogP contribution in [0.2, 0.25) is 0 Å². The van der Waals surface area contributed by atoms with Crippen LogP contribution >= 0.6 is 0 Å². The number of aromatic nitrogens is 2. The number of nitrogens with zero attached hydrogens (tertiary/aromatic N) is 3. The molecular formula is C23H34N3O2ReY-3. The Kier molecular flexibility index (Phi) is 24.4. The monoisotopic (exact) mass is 660 g/mol. The van der Waals surface area contributed by atoms with Crippen molar-refractivity contribution in [1.29, 1.82) is 0 Å². The van der Waals surface area contributed by atoms with Gasteiger partial charge < -0.3 is 27.9 Å². The number of ether oxygens (including phenoxy) is 1. The summed E-state index contributed by atoms with van der Waals surface area (Å²) in [6.45, 7) is 14.2. The number of hydrogen-bond donors (Lipinski definition) is 0. The van der Waals surface area contributed by atoms with E-state index in [2.05, 4.69) is 34.1 Å². The zero-order chi connectivity index (χ0) is 19.9. The van der Waals surface area contributed by atoms with Crippen LogP contribution in [0.5, 0.6) is 0 Å². The maximum absolute atomic E-state index is 10.2. The summed E-state index contributed by atoms with van der Waals surface area (Å²) in [7, 11) is 0. The number of allylic oxidation sites excluding steroid dienone is 3. The van der Waals surface area contributed by atoms with Crippen molar-refractivity contribution in [2.45, 2.75) is 46.0 Å². The first-order chi connectivity index (χ1) is 13.2. The minimum atomic E-state index is 0. The van der Waals surface area contributed by atoms with Gasteiger partial charge in [-0.15, -0.1) is 18.8 Å². The van der Waals surface area contributed by atoms with Gasteiger partial charge in [-0.1, -0.05) is 38.7 Å². The van der Waals surface area contributed by atoms with Crippen molar-refractivity contribution >= 4 is 12.2 Å². The number of rotatable bonds is 10. The van der Waals surface area contributed by atoms with Crippen LogP contribution < -0.4 is 4.90 Å². The second-order valence-electron chi connectivity index (χ2n) is 6.18. The van der Waals surface area contributed by atoms with Gasteiger partial charge in [0.25, 0.3) is 0 Å². The maximum Gasteiger partial charge on any atom is 0.219 e. The van der Waals surface area contributed by atoms with Gasteiger partial charge in [0.2, 0.25) is 5.95 Å². The predicted molar refractivity (Wildman–Crippen MR) is 116 cm³/mol. The van der Waals surface area contributed by atoms with Gasteiger partial charge in [-0.05, 0) is 37.7 Å². The molecule has 5 nitrogen and oxygen atoms in total. The molecule has 1 aliphatic rings. The Balaban J connectivity index is -0.00000141. The molecule has 0 atom stereocenters. The summed E-state index contributed by atoms with van der Waals surface area (Å²) in [5, 5.41) is 0. The summed E-state index contributed by atoms with van der Waals surface area (Å²) in [6.07, 6.45) is 13.3.